The average Bonchev–Trinajstić information content (AvgIpc) is 2.64. The van der Waals surface area contributed by atoms with Gasteiger partial charge in [-0.1, -0.05) is 29.8 Å². The van der Waals surface area contributed by atoms with Crippen molar-refractivity contribution in [1.29, 1.82) is 0 Å². The number of nitrogens with one attached hydrogen (secondary N) is 3. The number of nitrogens with zero attached hydrogens (tertiary/aromatic N) is 1. The number of amides is 1. The van der Waals surface area contributed by atoms with Gasteiger partial charge in [-0.2, -0.15) is 0 Å². The van der Waals surface area contributed by atoms with Crippen LogP contribution in [0.3, 0.4) is 0 Å². The lowest BCUT2D eigenvalue weighted by Crippen LogP contribution is -2.38. The smallest absolute Gasteiger partial charge is 0.226 e. The van der Waals surface area contributed by atoms with E-state index in [9.17, 15) is 9.18 Å². The zero-order valence-corrected chi connectivity index (χ0v) is 16.5. The number of halogens is 2. The fourth-order valence-electron chi connectivity index (χ4n) is 2.40. The minimum atomic E-state index is -0.231. The molecule has 0 heterocycles. The van der Waals surface area contributed by atoms with Gasteiger partial charge < -0.3 is 16.0 Å². The summed E-state index contributed by atoms with van der Waals surface area (Å²) in [5.74, 6) is 0.192. The van der Waals surface area contributed by atoms with Crippen molar-refractivity contribution in [2.75, 3.05) is 18.9 Å². The van der Waals surface area contributed by atoms with Gasteiger partial charge in [-0.05, 0) is 48.7 Å². The van der Waals surface area contributed by atoms with Crippen LogP contribution in [0.5, 0.6) is 0 Å². The molecule has 1 amide bonds. The molecular formula is C20H24ClFN4O. The maximum atomic E-state index is 13.6. The molecule has 5 nitrogen and oxygen atoms in total. The molecule has 0 saturated carbocycles. The van der Waals surface area contributed by atoms with E-state index in [-0.39, 0.29) is 18.1 Å². The highest BCUT2D eigenvalue weighted by Crippen LogP contribution is 2.22. The summed E-state index contributed by atoms with van der Waals surface area (Å²) >= 11 is 6.05. The van der Waals surface area contributed by atoms with Crippen LogP contribution in [0, 0.1) is 19.7 Å². The fraction of sp³-hybridized carbons (Fsp3) is 0.300. The molecule has 0 aliphatic rings. The normalized spacial score (nSPS) is 11.2. The van der Waals surface area contributed by atoms with Crippen LogP contribution >= 0.6 is 11.6 Å². The second-order valence-corrected chi connectivity index (χ2v) is 6.55. The number of rotatable bonds is 6. The number of carbonyl (C=O) groups is 1. The second kappa shape index (κ2) is 9.92. The molecule has 144 valence electrons. The average molecular weight is 391 g/mol. The predicted octanol–water partition coefficient (Wildman–Crippen LogP) is 3.79. The minimum absolute atomic E-state index is 0.121. The van der Waals surface area contributed by atoms with E-state index in [0.29, 0.717) is 35.3 Å². The molecule has 0 fully saturated rings. The summed E-state index contributed by atoms with van der Waals surface area (Å²) in [7, 11) is 1.64. The quantitative estimate of drug-likeness (QED) is 0.519. The first kappa shape index (κ1) is 20.7. The third-order valence-electron chi connectivity index (χ3n) is 4.11. The van der Waals surface area contributed by atoms with Crippen molar-refractivity contribution in [1.82, 2.24) is 10.6 Å². The van der Waals surface area contributed by atoms with Crippen LogP contribution in [-0.4, -0.2) is 25.5 Å². The molecule has 0 aliphatic heterocycles. The van der Waals surface area contributed by atoms with Gasteiger partial charge in [0.2, 0.25) is 5.91 Å². The van der Waals surface area contributed by atoms with Gasteiger partial charge in [-0.15, -0.1) is 0 Å². The Labute approximate surface area is 164 Å². The van der Waals surface area contributed by atoms with E-state index >= 15 is 0 Å². The van der Waals surface area contributed by atoms with Crippen LogP contribution < -0.4 is 16.0 Å². The molecule has 3 N–H and O–H groups in total. The van der Waals surface area contributed by atoms with Crippen LogP contribution in [0.15, 0.2) is 41.4 Å². The highest BCUT2D eigenvalue weighted by Gasteiger charge is 2.07. The lowest BCUT2D eigenvalue weighted by atomic mass is 10.1. The Kier molecular flexibility index (Phi) is 7.61. The SMILES string of the molecule is CN=C(NCCC(=O)Nc1cccc(Cl)c1C)NCc1ccc(C)c(F)c1. The maximum absolute atomic E-state index is 13.6. The standard InChI is InChI=1S/C20H24ClFN4O/c1-13-7-8-15(11-17(13)22)12-25-20(23-3)24-10-9-19(27)26-18-6-4-5-16(21)14(18)2/h4-8,11H,9-10,12H2,1-3H3,(H,26,27)(H2,23,24,25). The van der Waals surface area contributed by atoms with Gasteiger partial charge >= 0.3 is 0 Å². The van der Waals surface area contributed by atoms with Crippen molar-refractivity contribution in [2.24, 2.45) is 4.99 Å². The first-order valence-corrected chi connectivity index (χ1v) is 9.03. The first-order chi connectivity index (χ1) is 12.9. The highest BCUT2D eigenvalue weighted by molar-refractivity contribution is 6.31. The minimum Gasteiger partial charge on any atom is -0.356 e. The molecule has 0 unspecified atom stereocenters. The van der Waals surface area contributed by atoms with E-state index in [1.54, 1.807) is 32.2 Å². The molecule has 0 aromatic heterocycles. The fourth-order valence-corrected chi connectivity index (χ4v) is 2.58. The van der Waals surface area contributed by atoms with Crippen molar-refractivity contribution in [3.05, 3.63) is 63.9 Å². The summed E-state index contributed by atoms with van der Waals surface area (Å²) in [5.41, 5.74) is 2.97. The monoisotopic (exact) mass is 390 g/mol. The molecule has 0 spiro atoms. The topological polar surface area (TPSA) is 65.5 Å². The van der Waals surface area contributed by atoms with Crippen molar-refractivity contribution in [3.63, 3.8) is 0 Å². The lowest BCUT2D eigenvalue weighted by molar-refractivity contribution is -0.116. The van der Waals surface area contributed by atoms with Crippen molar-refractivity contribution >= 4 is 29.2 Å². The molecule has 0 saturated heterocycles. The van der Waals surface area contributed by atoms with Crippen LogP contribution in [0.2, 0.25) is 5.02 Å². The van der Waals surface area contributed by atoms with Crippen LogP contribution in [-0.2, 0) is 11.3 Å². The summed E-state index contributed by atoms with van der Waals surface area (Å²) in [5, 5.41) is 9.62. The Balaban J connectivity index is 1.77. The van der Waals surface area contributed by atoms with E-state index in [1.165, 1.54) is 6.07 Å². The molecule has 0 atom stereocenters. The highest BCUT2D eigenvalue weighted by atomic mass is 35.5. The molecule has 0 radical (unpaired) electrons. The first-order valence-electron chi connectivity index (χ1n) is 8.65. The molecule has 0 aliphatic carbocycles. The summed E-state index contributed by atoms with van der Waals surface area (Å²) < 4.78 is 13.6. The zero-order chi connectivity index (χ0) is 19.8. The number of carbonyl (C=O) groups excluding carboxylic acids is 1. The predicted molar refractivity (Wildman–Crippen MR) is 109 cm³/mol. The van der Waals surface area contributed by atoms with E-state index in [0.717, 1.165) is 11.1 Å². The van der Waals surface area contributed by atoms with Crippen LogP contribution in [0.4, 0.5) is 10.1 Å². The molecular weight excluding hydrogens is 367 g/mol. The lowest BCUT2D eigenvalue weighted by Gasteiger charge is -2.13. The Hall–Kier alpha value is -2.60. The van der Waals surface area contributed by atoms with Crippen molar-refractivity contribution in [2.45, 2.75) is 26.8 Å². The van der Waals surface area contributed by atoms with Crippen LogP contribution in [0.25, 0.3) is 0 Å². The number of benzene rings is 2. The number of guanidine groups is 1. The Morgan fingerprint density at radius 3 is 2.67 bits per heavy atom. The molecule has 27 heavy (non-hydrogen) atoms. The maximum Gasteiger partial charge on any atom is 0.226 e. The van der Waals surface area contributed by atoms with Crippen molar-refractivity contribution in [3.8, 4) is 0 Å². The van der Waals surface area contributed by atoms with Crippen molar-refractivity contribution < 1.29 is 9.18 Å². The number of aryl methyl sites for hydroxylation is 1. The second-order valence-electron chi connectivity index (χ2n) is 6.15. The van der Waals surface area contributed by atoms with E-state index in [1.807, 2.05) is 19.1 Å². The summed E-state index contributed by atoms with van der Waals surface area (Å²) in [4.78, 5) is 16.2. The number of hydrogen-bond acceptors (Lipinski definition) is 2. The Morgan fingerprint density at radius 2 is 1.96 bits per heavy atom. The van der Waals surface area contributed by atoms with Gasteiger partial charge in [0, 0.05) is 37.3 Å². The van der Waals surface area contributed by atoms with Gasteiger partial charge in [0.15, 0.2) is 5.96 Å². The molecule has 0 bridgehead atoms. The summed E-state index contributed by atoms with van der Waals surface area (Å²) in [6.07, 6.45) is 0.270. The zero-order valence-electron chi connectivity index (χ0n) is 15.7. The number of anilines is 1. The third kappa shape index (κ3) is 6.25. The van der Waals surface area contributed by atoms with E-state index in [4.69, 9.17) is 11.6 Å². The van der Waals surface area contributed by atoms with E-state index in [2.05, 4.69) is 20.9 Å². The largest absolute Gasteiger partial charge is 0.356 e. The number of hydrogen-bond donors (Lipinski definition) is 3. The molecule has 2 rings (SSSR count). The van der Waals surface area contributed by atoms with Gasteiger partial charge in [-0.3, -0.25) is 9.79 Å². The molecule has 2 aromatic carbocycles. The molecule has 7 heteroatoms. The Bertz CT molecular complexity index is 839. The summed E-state index contributed by atoms with van der Waals surface area (Å²) in [6.45, 7) is 4.43. The van der Waals surface area contributed by atoms with Gasteiger partial charge in [0.1, 0.15) is 5.82 Å². The Morgan fingerprint density at radius 1 is 1.19 bits per heavy atom. The van der Waals surface area contributed by atoms with Crippen LogP contribution in [0.1, 0.15) is 23.1 Å². The van der Waals surface area contributed by atoms with Gasteiger partial charge in [0.05, 0.1) is 0 Å². The molecule has 2 aromatic rings. The van der Waals surface area contributed by atoms with Gasteiger partial charge in [0.25, 0.3) is 0 Å². The van der Waals surface area contributed by atoms with E-state index < -0.39 is 0 Å². The van der Waals surface area contributed by atoms with Gasteiger partial charge in [-0.25, -0.2) is 4.39 Å². The summed E-state index contributed by atoms with van der Waals surface area (Å²) in [6, 6.07) is 10.5. The number of aliphatic imine (C=N–C) groups is 1. The third-order valence-corrected chi connectivity index (χ3v) is 4.52.